The van der Waals surface area contributed by atoms with Crippen molar-refractivity contribution in [2.45, 2.75) is 6.42 Å². The van der Waals surface area contributed by atoms with Gasteiger partial charge in [-0.15, -0.1) is 6.42 Å². The van der Waals surface area contributed by atoms with Gasteiger partial charge in [0.05, 0.1) is 0 Å². The van der Waals surface area contributed by atoms with E-state index in [1.165, 1.54) is 19.5 Å². The van der Waals surface area contributed by atoms with Gasteiger partial charge in [-0.25, -0.2) is 0 Å². The standard InChI is InChI=1S/C10H14N2O/c1-2-5-13-11-6-10-8-12-4-3-9(10)7-12/h1,6,9-10H,3-5,7-8H2. The molecule has 3 heteroatoms. The summed E-state index contributed by atoms with van der Waals surface area (Å²) in [6.07, 6.45) is 8.26. The molecule has 2 rings (SSSR count). The zero-order chi connectivity index (χ0) is 9.10. The third-order valence-electron chi connectivity index (χ3n) is 2.86. The largest absolute Gasteiger partial charge is 0.383 e. The molecular weight excluding hydrogens is 164 g/mol. The number of oxime groups is 1. The van der Waals surface area contributed by atoms with Gasteiger partial charge in [0.15, 0.2) is 6.61 Å². The first-order chi connectivity index (χ1) is 6.40. The Bertz CT molecular complexity index is 244. The number of fused-ring (bicyclic) bond motifs is 2. The molecule has 70 valence electrons. The zero-order valence-corrected chi connectivity index (χ0v) is 7.65. The van der Waals surface area contributed by atoms with Crippen molar-refractivity contribution in [3.63, 3.8) is 0 Å². The van der Waals surface area contributed by atoms with Gasteiger partial charge in [0, 0.05) is 25.2 Å². The van der Waals surface area contributed by atoms with E-state index in [0.29, 0.717) is 5.92 Å². The molecule has 0 amide bonds. The summed E-state index contributed by atoms with van der Waals surface area (Å²) < 4.78 is 0. The lowest BCUT2D eigenvalue weighted by molar-refractivity contribution is 0.178. The van der Waals surface area contributed by atoms with E-state index in [4.69, 9.17) is 11.3 Å². The van der Waals surface area contributed by atoms with Crippen LogP contribution in [0.2, 0.25) is 0 Å². The number of nitrogens with zero attached hydrogens (tertiary/aromatic N) is 2. The second-order valence-electron chi connectivity index (χ2n) is 3.70. The summed E-state index contributed by atoms with van der Waals surface area (Å²) in [5, 5.41) is 3.87. The lowest BCUT2D eigenvalue weighted by atomic mass is 9.94. The van der Waals surface area contributed by atoms with Crippen molar-refractivity contribution in [3.05, 3.63) is 0 Å². The normalized spacial score (nSPS) is 36.7. The fourth-order valence-electron chi connectivity index (χ4n) is 2.19. The molecule has 13 heavy (non-hydrogen) atoms. The lowest BCUT2D eigenvalue weighted by Crippen LogP contribution is -2.24. The Morgan fingerprint density at radius 1 is 1.62 bits per heavy atom. The summed E-state index contributed by atoms with van der Waals surface area (Å²) in [5.74, 6) is 3.77. The van der Waals surface area contributed by atoms with Gasteiger partial charge in [0.2, 0.25) is 0 Å². The molecule has 2 aliphatic heterocycles. The minimum absolute atomic E-state index is 0.275. The fourth-order valence-corrected chi connectivity index (χ4v) is 2.19. The number of rotatable bonds is 3. The number of hydrogen-bond acceptors (Lipinski definition) is 3. The first-order valence-electron chi connectivity index (χ1n) is 4.71. The summed E-state index contributed by atoms with van der Waals surface area (Å²) in [6.45, 7) is 3.93. The van der Waals surface area contributed by atoms with Gasteiger partial charge in [-0.3, -0.25) is 0 Å². The molecule has 0 spiro atoms. The van der Waals surface area contributed by atoms with E-state index in [-0.39, 0.29) is 6.61 Å². The van der Waals surface area contributed by atoms with Crippen LogP contribution in [0.5, 0.6) is 0 Å². The van der Waals surface area contributed by atoms with Crippen LogP contribution in [0, 0.1) is 24.2 Å². The smallest absolute Gasteiger partial charge is 0.177 e. The van der Waals surface area contributed by atoms with Crippen LogP contribution in [-0.4, -0.2) is 37.4 Å². The molecule has 2 saturated heterocycles. The molecule has 2 heterocycles. The molecule has 0 aromatic rings. The predicted octanol–water partition coefficient (Wildman–Crippen LogP) is 0.574. The number of terminal acetylenes is 1. The highest BCUT2D eigenvalue weighted by atomic mass is 16.6. The molecule has 2 bridgehead atoms. The Kier molecular flexibility index (Phi) is 2.51. The molecule has 3 nitrogen and oxygen atoms in total. The summed E-state index contributed by atoms with van der Waals surface area (Å²) in [6, 6.07) is 0. The van der Waals surface area contributed by atoms with E-state index < -0.39 is 0 Å². The Hall–Kier alpha value is -1.01. The molecule has 0 N–H and O–H groups in total. The predicted molar refractivity (Wildman–Crippen MR) is 51.3 cm³/mol. The molecule has 0 saturated carbocycles. The highest BCUT2D eigenvalue weighted by molar-refractivity contribution is 5.61. The second kappa shape index (κ2) is 3.80. The monoisotopic (exact) mass is 178 g/mol. The van der Waals surface area contributed by atoms with Gasteiger partial charge in [-0.05, 0) is 18.9 Å². The van der Waals surface area contributed by atoms with Crippen molar-refractivity contribution in [1.29, 1.82) is 0 Å². The van der Waals surface area contributed by atoms with Crippen molar-refractivity contribution in [3.8, 4) is 12.3 Å². The van der Waals surface area contributed by atoms with Gasteiger partial charge in [0.25, 0.3) is 0 Å². The van der Waals surface area contributed by atoms with Gasteiger partial charge in [0.1, 0.15) is 0 Å². The Labute approximate surface area is 78.7 Å². The quantitative estimate of drug-likeness (QED) is 0.273. The lowest BCUT2D eigenvalue weighted by Gasteiger charge is -2.17. The van der Waals surface area contributed by atoms with Gasteiger partial charge >= 0.3 is 0 Å². The van der Waals surface area contributed by atoms with Crippen molar-refractivity contribution >= 4 is 6.21 Å². The van der Waals surface area contributed by atoms with Crippen molar-refractivity contribution in [1.82, 2.24) is 4.90 Å². The van der Waals surface area contributed by atoms with Crippen molar-refractivity contribution in [2.24, 2.45) is 17.0 Å². The van der Waals surface area contributed by atoms with Gasteiger partial charge in [-0.1, -0.05) is 11.1 Å². The summed E-state index contributed by atoms with van der Waals surface area (Å²) in [7, 11) is 0. The highest BCUT2D eigenvalue weighted by Crippen LogP contribution is 2.31. The van der Waals surface area contributed by atoms with E-state index in [0.717, 1.165) is 12.5 Å². The molecular formula is C10H14N2O. The SMILES string of the molecule is C#CCON=CC1CN2CCC1C2. The van der Waals surface area contributed by atoms with Crippen molar-refractivity contribution < 1.29 is 4.84 Å². The van der Waals surface area contributed by atoms with E-state index in [9.17, 15) is 0 Å². The van der Waals surface area contributed by atoms with Crippen LogP contribution < -0.4 is 0 Å². The first kappa shape index (κ1) is 8.58. The molecule has 2 aliphatic rings. The van der Waals surface area contributed by atoms with Crippen LogP contribution in [0.15, 0.2) is 5.16 Å². The summed E-state index contributed by atoms with van der Waals surface area (Å²) in [5.41, 5.74) is 0. The van der Waals surface area contributed by atoms with Crippen LogP contribution in [0.25, 0.3) is 0 Å². The maximum atomic E-state index is 5.03. The number of hydrogen-bond donors (Lipinski definition) is 0. The average Bonchev–Trinajstić information content (AvgIpc) is 2.73. The van der Waals surface area contributed by atoms with Crippen molar-refractivity contribution in [2.75, 3.05) is 26.2 Å². The van der Waals surface area contributed by atoms with E-state index in [2.05, 4.69) is 16.0 Å². The Morgan fingerprint density at radius 2 is 2.54 bits per heavy atom. The first-order valence-corrected chi connectivity index (χ1v) is 4.71. The molecule has 3 atom stereocenters. The molecule has 0 radical (unpaired) electrons. The maximum Gasteiger partial charge on any atom is 0.177 e. The fraction of sp³-hybridized carbons (Fsp3) is 0.700. The molecule has 2 fully saturated rings. The third kappa shape index (κ3) is 1.84. The molecule has 0 aromatic carbocycles. The average molecular weight is 178 g/mol. The Morgan fingerprint density at radius 3 is 3.15 bits per heavy atom. The van der Waals surface area contributed by atoms with Crippen LogP contribution in [0.1, 0.15) is 6.42 Å². The topological polar surface area (TPSA) is 24.8 Å². The van der Waals surface area contributed by atoms with Gasteiger partial charge < -0.3 is 9.74 Å². The van der Waals surface area contributed by atoms with E-state index in [1.54, 1.807) is 0 Å². The minimum atomic E-state index is 0.275. The summed E-state index contributed by atoms with van der Waals surface area (Å²) >= 11 is 0. The van der Waals surface area contributed by atoms with Crippen LogP contribution in [0.3, 0.4) is 0 Å². The molecule has 3 unspecified atom stereocenters. The maximum absolute atomic E-state index is 5.03. The van der Waals surface area contributed by atoms with Crippen LogP contribution in [-0.2, 0) is 4.84 Å². The molecule has 0 aliphatic carbocycles. The van der Waals surface area contributed by atoms with Gasteiger partial charge in [-0.2, -0.15) is 0 Å². The number of piperidine rings is 1. The van der Waals surface area contributed by atoms with Crippen LogP contribution >= 0.6 is 0 Å². The third-order valence-corrected chi connectivity index (χ3v) is 2.86. The Balaban J connectivity index is 1.77. The highest BCUT2D eigenvalue weighted by Gasteiger charge is 2.36. The minimum Gasteiger partial charge on any atom is -0.383 e. The van der Waals surface area contributed by atoms with Crippen LogP contribution in [0.4, 0.5) is 0 Å². The molecule has 0 aromatic heterocycles. The zero-order valence-electron chi connectivity index (χ0n) is 7.65. The van der Waals surface area contributed by atoms with E-state index >= 15 is 0 Å². The summed E-state index contributed by atoms with van der Waals surface area (Å²) in [4.78, 5) is 7.34. The van der Waals surface area contributed by atoms with E-state index in [1.807, 2.05) is 6.21 Å². The second-order valence-corrected chi connectivity index (χ2v) is 3.70.